The van der Waals surface area contributed by atoms with Crippen molar-refractivity contribution in [3.8, 4) is 0 Å². The maximum atomic E-state index is 10.2. The summed E-state index contributed by atoms with van der Waals surface area (Å²) < 4.78 is 0. The van der Waals surface area contributed by atoms with Crippen molar-refractivity contribution in [2.75, 3.05) is 5.43 Å². The summed E-state index contributed by atoms with van der Waals surface area (Å²) in [5.41, 5.74) is 3.77. The fourth-order valence-electron chi connectivity index (χ4n) is 1.24. The number of hydrogen-bond donors (Lipinski definition) is 1. The predicted molar refractivity (Wildman–Crippen MR) is 56.0 cm³/mol. The molecule has 0 amide bonds. The number of unbranched alkanes of at least 4 members (excludes halogenated alkanes) is 1. The smallest absolute Gasteiger partial charge is 0.234 e. The van der Waals surface area contributed by atoms with Crippen LogP contribution in [0.5, 0.6) is 0 Å². The van der Waals surface area contributed by atoms with E-state index in [2.05, 4.69) is 16.9 Å². The molecule has 0 aliphatic carbocycles. The molecule has 1 heterocycles. The molecule has 0 saturated carbocycles. The van der Waals surface area contributed by atoms with Crippen LogP contribution in [0.3, 0.4) is 0 Å². The number of aromatic nitrogens is 2. The van der Waals surface area contributed by atoms with Crippen LogP contribution in [-0.4, -0.2) is 15.0 Å². The summed E-state index contributed by atoms with van der Waals surface area (Å²) in [4.78, 5) is 18.0. The predicted octanol–water partition coefficient (Wildman–Crippen LogP) is 1.73. The lowest BCUT2D eigenvalue weighted by Crippen LogP contribution is -2.12. The van der Waals surface area contributed by atoms with Crippen LogP contribution >= 0.6 is 0 Å². The number of aryl methyl sites for hydroxylation is 2. The summed E-state index contributed by atoms with van der Waals surface area (Å²) in [6.45, 7) is 3.94. The average Bonchev–Trinajstić information content (AvgIpc) is 2.15. The van der Waals surface area contributed by atoms with Crippen LogP contribution < -0.4 is 5.43 Å². The van der Waals surface area contributed by atoms with Crippen molar-refractivity contribution in [3.05, 3.63) is 27.6 Å². The fraction of sp³-hybridized carbons (Fsp3) is 0.556. The van der Waals surface area contributed by atoms with E-state index < -0.39 is 5.03 Å². The molecule has 1 N–H and O–H groups in total. The molecule has 0 saturated heterocycles. The first-order chi connectivity index (χ1) is 7.13. The molecule has 0 radical (unpaired) electrons. The van der Waals surface area contributed by atoms with Crippen LogP contribution in [0, 0.1) is 17.0 Å². The van der Waals surface area contributed by atoms with E-state index in [1.165, 1.54) is 0 Å². The number of hydrazine groups is 1. The first-order valence-electron chi connectivity index (χ1n) is 4.87. The first-order valence-corrected chi connectivity index (χ1v) is 4.87. The Morgan fingerprint density at radius 2 is 2.33 bits per heavy atom. The molecule has 1 aromatic heterocycles. The van der Waals surface area contributed by atoms with Crippen molar-refractivity contribution in [2.24, 2.45) is 0 Å². The minimum Gasteiger partial charge on any atom is -0.234 e. The van der Waals surface area contributed by atoms with Gasteiger partial charge in [0.2, 0.25) is 0 Å². The number of anilines is 1. The van der Waals surface area contributed by atoms with E-state index in [0.717, 1.165) is 30.5 Å². The molecule has 15 heavy (non-hydrogen) atoms. The standard InChI is InChI=1S/C9H14N4O2/c1-3-4-5-8-6-10-9(11-7(8)2)12-13(14)15/h6H,3-5H2,1-2H3,(H,10,11,12). The van der Waals surface area contributed by atoms with Gasteiger partial charge in [-0.15, -0.1) is 0 Å². The monoisotopic (exact) mass is 210 g/mol. The Hall–Kier alpha value is -1.72. The number of hydrogen-bond acceptors (Lipinski definition) is 4. The third-order valence-corrected chi connectivity index (χ3v) is 2.07. The average molecular weight is 210 g/mol. The molecule has 1 rings (SSSR count). The third kappa shape index (κ3) is 3.49. The van der Waals surface area contributed by atoms with E-state index in [0.29, 0.717) is 0 Å². The summed E-state index contributed by atoms with van der Waals surface area (Å²) in [6.07, 6.45) is 4.74. The van der Waals surface area contributed by atoms with Gasteiger partial charge in [-0.25, -0.2) is 20.1 Å². The zero-order valence-corrected chi connectivity index (χ0v) is 8.86. The lowest BCUT2D eigenvalue weighted by atomic mass is 10.1. The summed E-state index contributed by atoms with van der Waals surface area (Å²) in [5, 5.41) is 9.49. The van der Waals surface area contributed by atoms with Gasteiger partial charge in [0.1, 0.15) is 0 Å². The van der Waals surface area contributed by atoms with Crippen LogP contribution in [0.2, 0.25) is 0 Å². The molecule has 0 bridgehead atoms. The Labute approximate surface area is 87.9 Å². The molecule has 0 atom stereocenters. The van der Waals surface area contributed by atoms with Crippen molar-refractivity contribution in [1.29, 1.82) is 0 Å². The summed E-state index contributed by atoms with van der Waals surface area (Å²) in [5.74, 6) is 0.0396. The first kappa shape index (κ1) is 11.4. The zero-order chi connectivity index (χ0) is 11.3. The summed E-state index contributed by atoms with van der Waals surface area (Å²) in [6, 6.07) is 0. The molecular weight excluding hydrogens is 196 g/mol. The van der Waals surface area contributed by atoms with E-state index >= 15 is 0 Å². The molecular formula is C9H14N4O2. The van der Waals surface area contributed by atoms with Crippen LogP contribution in [0.25, 0.3) is 0 Å². The lowest BCUT2D eigenvalue weighted by Gasteiger charge is -2.04. The van der Waals surface area contributed by atoms with Crippen molar-refractivity contribution in [1.82, 2.24) is 9.97 Å². The highest BCUT2D eigenvalue weighted by molar-refractivity contribution is 5.26. The van der Waals surface area contributed by atoms with Gasteiger partial charge in [0, 0.05) is 11.9 Å². The molecule has 0 aliphatic heterocycles. The second-order valence-electron chi connectivity index (χ2n) is 3.28. The van der Waals surface area contributed by atoms with Gasteiger partial charge in [0.25, 0.3) is 5.95 Å². The zero-order valence-electron chi connectivity index (χ0n) is 8.86. The van der Waals surface area contributed by atoms with Gasteiger partial charge >= 0.3 is 0 Å². The van der Waals surface area contributed by atoms with Gasteiger partial charge in [-0.05, 0) is 25.3 Å². The quantitative estimate of drug-likeness (QED) is 0.591. The highest BCUT2D eigenvalue weighted by Crippen LogP contribution is 2.10. The fourth-order valence-corrected chi connectivity index (χ4v) is 1.24. The van der Waals surface area contributed by atoms with E-state index in [9.17, 15) is 10.1 Å². The van der Waals surface area contributed by atoms with Crippen molar-refractivity contribution in [2.45, 2.75) is 33.1 Å². The van der Waals surface area contributed by atoms with Crippen LogP contribution in [0.4, 0.5) is 5.95 Å². The molecule has 82 valence electrons. The second-order valence-corrected chi connectivity index (χ2v) is 3.28. The Kier molecular flexibility index (Phi) is 3.96. The molecule has 0 spiro atoms. The molecule has 0 fully saturated rings. The van der Waals surface area contributed by atoms with Crippen LogP contribution in [-0.2, 0) is 6.42 Å². The molecule has 0 aromatic carbocycles. The Morgan fingerprint density at radius 1 is 1.60 bits per heavy atom. The van der Waals surface area contributed by atoms with Crippen LogP contribution in [0.15, 0.2) is 6.20 Å². The number of rotatable bonds is 5. The van der Waals surface area contributed by atoms with Gasteiger partial charge in [0.15, 0.2) is 5.03 Å². The van der Waals surface area contributed by atoms with Gasteiger partial charge in [0.05, 0.1) is 0 Å². The Balaban J connectivity index is 2.74. The number of nitrogens with one attached hydrogen (secondary N) is 1. The molecule has 6 nitrogen and oxygen atoms in total. The van der Waals surface area contributed by atoms with Crippen molar-refractivity contribution in [3.63, 3.8) is 0 Å². The minimum absolute atomic E-state index is 0.0396. The second kappa shape index (κ2) is 5.23. The highest BCUT2D eigenvalue weighted by Gasteiger charge is 2.06. The van der Waals surface area contributed by atoms with Gasteiger partial charge in [-0.3, -0.25) is 0 Å². The summed E-state index contributed by atoms with van der Waals surface area (Å²) >= 11 is 0. The molecule has 1 aromatic rings. The highest BCUT2D eigenvalue weighted by atomic mass is 16.7. The third-order valence-electron chi connectivity index (χ3n) is 2.07. The maximum absolute atomic E-state index is 10.2. The van der Waals surface area contributed by atoms with Crippen molar-refractivity contribution < 1.29 is 5.03 Å². The molecule has 0 unspecified atom stereocenters. The lowest BCUT2D eigenvalue weighted by molar-refractivity contribution is -0.446. The molecule has 0 aliphatic rings. The van der Waals surface area contributed by atoms with Gasteiger partial charge < -0.3 is 0 Å². The van der Waals surface area contributed by atoms with E-state index in [1.54, 1.807) is 6.20 Å². The van der Waals surface area contributed by atoms with Gasteiger partial charge in [-0.1, -0.05) is 18.8 Å². The minimum atomic E-state index is -0.666. The maximum Gasteiger partial charge on any atom is 0.285 e. The normalized spacial score (nSPS) is 10.0. The molecule has 6 heteroatoms. The van der Waals surface area contributed by atoms with E-state index in [4.69, 9.17) is 0 Å². The Morgan fingerprint density at radius 3 is 2.87 bits per heavy atom. The number of nitro groups is 1. The Bertz CT molecular complexity index is 354. The van der Waals surface area contributed by atoms with Crippen molar-refractivity contribution >= 4 is 5.95 Å². The largest absolute Gasteiger partial charge is 0.285 e. The van der Waals surface area contributed by atoms with Crippen LogP contribution in [0.1, 0.15) is 31.0 Å². The van der Waals surface area contributed by atoms with E-state index in [-0.39, 0.29) is 5.95 Å². The van der Waals surface area contributed by atoms with E-state index in [1.807, 2.05) is 12.3 Å². The summed E-state index contributed by atoms with van der Waals surface area (Å²) in [7, 11) is 0. The van der Waals surface area contributed by atoms with Gasteiger partial charge in [-0.2, -0.15) is 0 Å². The topological polar surface area (TPSA) is 81.0 Å². The SMILES string of the molecule is CCCCc1cnc(N[N+](=O)[O-])nc1C. The number of nitrogens with zero attached hydrogens (tertiary/aromatic N) is 3.